The Labute approximate surface area is 123 Å². The Kier molecular flexibility index (Phi) is 3.97. The van der Waals surface area contributed by atoms with Crippen LogP contribution in [0.15, 0.2) is 36.7 Å². The molecule has 1 N–H and O–H groups in total. The molecule has 1 aliphatic rings. The number of aromatic nitrogens is 2. The lowest BCUT2D eigenvalue weighted by atomic mass is 10.2. The van der Waals surface area contributed by atoms with Crippen molar-refractivity contribution < 1.29 is 4.74 Å². The third-order valence-electron chi connectivity index (χ3n) is 3.33. The van der Waals surface area contributed by atoms with E-state index in [4.69, 9.17) is 10.00 Å². The third kappa shape index (κ3) is 3.93. The second-order valence-corrected chi connectivity index (χ2v) is 5.15. The highest BCUT2D eigenvalue weighted by atomic mass is 16.5. The van der Waals surface area contributed by atoms with E-state index in [1.54, 1.807) is 24.5 Å². The second-order valence-electron chi connectivity index (χ2n) is 5.15. The normalized spacial score (nSPS) is 13.5. The summed E-state index contributed by atoms with van der Waals surface area (Å²) in [6.07, 6.45) is 5.85. The number of rotatable bonds is 6. The Bertz CT molecular complexity index is 644. The van der Waals surface area contributed by atoms with Gasteiger partial charge in [0.1, 0.15) is 11.9 Å². The summed E-state index contributed by atoms with van der Waals surface area (Å²) in [6.45, 7) is 1.41. The van der Waals surface area contributed by atoms with Gasteiger partial charge < -0.3 is 10.1 Å². The van der Waals surface area contributed by atoms with Gasteiger partial charge in [0.15, 0.2) is 0 Å². The van der Waals surface area contributed by atoms with Crippen LogP contribution in [-0.2, 0) is 6.54 Å². The van der Waals surface area contributed by atoms with Gasteiger partial charge in [-0.2, -0.15) is 5.26 Å². The molecule has 0 bridgehead atoms. The van der Waals surface area contributed by atoms with Gasteiger partial charge in [0.25, 0.3) is 0 Å². The third-order valence-corrected chi connectivity index (χ3v) is 3.33. The quantitative estimate of drug-likeness (QED) is 0.881. The molecule has 1 aliphatic carbocycles. The van der Waals surface area contributed by atoms with E-state index in [0.717, 1.165) is 23.9 Å². The number of ether oxygens (including phenoxy) is 1. The van der Waals surface area contributed by atoms with E-state index in [1.165, 1.54) is 12.8 Å². The number of nitrogens with one attached hydrogen (secondary N) is 1. The van der Waals surface area contributed by atoms with Gasteiger partial charge in [0.2, 0.25) is 5.88 Å². The van der Waals surface area contributed by atoms with Crippen LogP contribution in [0.5, 0.6) is 5.88 Å². The van der Waals surface area contributed by atoms with Gasteiger partial charge in [0, 0.05) is 25.0 Å². The first-order chi connectivity index (χ1) is 10.3. The number of pyridine rings is 2. The average Bonchev–Trinajstić information content (AvgIpc) is 3.36. The summed E-state index contributed by atoms with van der Waals surface area (Å²) in [5, 5.41) is 11.9. The van der Waals surface area contributed by atoms with Crippen molar-refractivity contribution in [1.29, 1.82) is 5.26 Å². The zero-order valence-corrected chi connectivity index (χ0v) is 11.6. The first kappa shape index (κ1) is 13.4. The maximum atomic E-state index is 8.73. The number of anilines is 1. The van der Waals surface area contributed by atoms with Crippen molar-refractivity contribution in [3.63, 3.8) is 0 Å². The maximum absolute atomic E-state index is 8.73. The molecule has 0 amide bonds. The minimum absolute atomic E-state index is 0.556. The van der Waals surface area contributed by atoms with Crippen molar-refractivity contribution in [3.05, 3.63) is 47.8 Å². The molecule has 5 heteroatoms. The molecule has 2 aromatic heterocycles. The molecule has 5 nitrogen and oxygen atoms in total. The van der Waals surface area contributed by atoms with Crippen molar-refractivity contribution >= 4 is 5.82 Å². The van der Waals surface area contributed by atoms with Crippen molar-refractivity contribution in [2.75, 3.05) is 11.9 Å². The van der Waals surface area contributed by atoms with E-state index in [1.807, 2.05) is 18.2 Å². The first-order valence-electron chi connectivity index (χ1n) is 7.01. The summed E-state index contributed by atoms with van der Waals surface area (Å²) in [6, 6.07) is 9.48. The predicted molar refractivity (Wildman–Crippen MR) is 78.7 cm³/mol. The molecule has 0 aliphatic heterocycles. The van der Waals surface area contributed by atoms with Gasteiger partial charge in [-0.05, 0) is 42.5 Å². The first-order valence-corrected chi connectivity index (χ1v) is 7.01. The van der Waals surface area contributed by atoms with Crippen LogP contribution in [-0.4, -0.2) is 16.6 Å². The summed E-state index contributed by atoms with van der Waals surface area (Å²) in [4.78, 5) is 8.39. The minimum atomic E-state index is 0.556. The van der Waals surface area contributed by atoms with Crippen LogP contribution in [0.3, 0.4) is 0 Å². The molecule has 0 saturated heterocycles. The zero-order valence-electron chi connectivity index (χ0n) is 11.6. The van der Waals surface area contributed by atoms with E-state index < -0.39 is 0 Å². The van der Waals surface area contributed by atoms with Gasteiger partial charge in [-0.3, -0.25) is 0 Å². The topological polar surface area (TPSA) is 70.8 Å². The van der Waals surface area contributed by atoms with E-state index in [9.17, 15) is 0 Å². The summed E-state index contributed by atoms with van der Waals surface area (Å²) >= 11 is 0. The van der Waals surface area contributed by atoms with Crippen molar-refractivity contribution in [2.45, 2.75) is 19.4 Å². The summed E-state index contributed by atoms with van der Waals surface area (Å²) in [5.41, 5.74) is 1.64. The van der Waals surface area contributed by atoms with Crippen LogP contribution >= 0.6 is 0 Å². The number of nitriles is 1. The molecule has 0 atom stereocenters. The van der Waals surface area contributed by atoms with Crippen molar-refractivity contribution in [2.24, 2.45) is 5.92 Å². The molecule has 0 aromatic carbocycles. The fourth-order valence-corrected chi connectivity index (χ4v) is 1.88. The second kappa shape index (κ2) is 6.23. The molecule has 1 fully saturated rings. The Morgan fingerprint density at radius 3 is 2.90 bits per heavy atom. The van der Waals surface area contributed by atoms with Crippen LogP contribution in [0.4, 0.5) is 5.82 Å². The zero-order chi connectivity index (χ0) is 14.5. The van der Waals surface area contributed by atoms with Crippen LogP contribution in [0, 0.1) is 17.2 Å². The van der Waals surface area contributed by atoms with E-state index in [-0.39, 0.29) is 0 Å². The molecule has 0 unspecified atom stereocenters. The Morgan fingerprint density at radius 1 is 1.29 bits per heavy atom. The van der Waals surface area contributed by atoms with Crippen LogP contribution in [0.25, 0.3) is 0 Å². The van der Waals surface area contributed by atoms with E-state index >= 15 is 0 Å². The van der Waals surface area contributed by atoms with Gasteiger partial charge >= 0.3 is 0 Å². The molecule has 0 spiro atoms. The predicted octanol–water partition coefficient (Wildman–Crippen LogP) is 2.75. The highest BCUT2D eigenvalue weighted by molar-refractivity contribution is 5.39. The highest BCUT2D eigenvalue weighted by Crippen LogP contribution is 2.29. The van der Waals surface area contributed by atoms with Gasteiger partial charge in [0.05, 0.1) is 12.2 Å². The Balaban J connectivity index is 1.56. The maximum Gasteiger partial charge on any atom is 0.213 e. The monoisotopic (exact) mass is 280 g/mol. The standard InChI is InChI=1S/C16H16N4O/c17-8-14-3-4-15(20-10-14)19-9-13-5-6-18-16(7-13)21-11-12-1-2-12/h3-7,10,12H,1-2,9,11H2,(H,19,20). The molecule has 106 valence electrons. The SMILES string of the molecule is N#Cc1ccc(NCc2ccnc(OCC3CC3)c2)nc1. The number of hydrogen-bond donors (Lipinski definition) is 1. The van der Waals surface area contributed by atoms with Crippen LogP contribution in [0.1, 0.15) is 24.0 Å². The minimum Gasteiger partial charge on any atom is -0.477 e. The Morgan fingerprint density at radius 2 is 2.19 bits per heavy atom. The summed E-state index contributed by atoms with van der Waals surface area (Å²) in [7, 11) is 0. The van der Waals surface area contributed by atoms with E-state index in [0.29, 0.717) is 18.0 Å². The Hall–Kier alpha value is -2.61. The average molecular weight is 280 g/mol. The fourth-order valence-electron chi connectivity index (χ4n) is 1.88. The highest BCUT2D eigenvalue weighted by Gasteiger charge is 2.22. The van der Waals surface area contributed by atoms with Crippen LogP contribution < -0.4 is 10.1 Å². The molecule has 1 saturated carbocycles. The molecule has 0 radical (unpaired) electrons. The van der Waals surface area contributed by atoms with Gasteiger partial charge in [-0.25, -0.2) is 9.97 Å². The molecule has 2 heterocycles. The smallest absolute Gasteiger partial charge is 0.213 e. The van der Waals surface area contributed by atoms with E-state index in [2.05, 4.69) is 15.3 Å². The van der Waals surface area contributed by atoms with Gasteiger partial charge in [-0.15, -0.1) is 0 Å². The summed E-state index contributed by atoms with van der Waals surface area (Å²) < 4.78 is 5.66. The lowest BCUT2D eigenvalue weighted by Gasteiger charge is -2.08. The summed E-state index contributed by atoms with van der Waals surface area (Å²) in [5.74, 6) is 2.14. The lowest BCUT2D eigenvalue weighted by Crippen LogP contribution is -2.04. The molecule has 2 aromatic rings. The largest absolute Gasteiger partial charge is 0.477 e. The molecular weight excluding hydrogens is 264 g/mol. The van der Waals surface area contributed by atoms with Crippen molar-refractivity contribution in [1.82, 2.24) is 9.97 Å². The fraction of sp³-hybridized carbons (Fsp3) is 0.312. The molecular formula is C16H16N4O. The number of hydrogen-bond acceptors (Lipinski definition) is 5. The van der Waals surface area contributed by atoms with Crippen LogP contribution in [0.2, 0.25) is 0 Å². The lowest BCUT2D eigenvalue weighted by molar-refractivity contribution is 0.288. The van der Waals surface area contributed by atoms with Crippen molar-refractivity contribution in [3.8, 4) is 11.9 Å². The van der Waals surface area contributed by atoms with Gasteiger partial charge in [-0.1, -0.05) is 0 Å². The molecule has 21 heavy (non-hydrogen) atoms. The number of nitrogens with zero attached hydrogens (tertiary/aromatic N) is 3. The molecule has 3 rings (SSSR count).